The summed E-state index contributed by atoms with van der Waals surface area (Å²) in [6.45, 7) is 0. The molecule has 0 aliphatic rings. The van der Waals surface area contributed by atoms with Gasteiger partial charge < -0.3 is 0 Å². The highest BCUT2D eigenvalue weighted by molar-refractivity contribution is 7.87. The number of aromatic nitrogens is 4. The predicted molar refractivity (Wildman–Crippen MR) is 70.1 cm³/mol. The van der Waals surface area contributed by atoms with Gasteiger partial charge in [-0.25, -0.2) is 0 Å². The first kappa shape index (κ1) is 16.4. The molecule has 0 unspecified atom stereocenters. The largest absolute Gasteiger partial charge is 0.416 e. The Morgan fingerprint density at radius 1 is 1.23 bits per heavy atom. The zero-order chi connectivity index (χ0) is 16.5. The Labute approximate surface area is 124 Å². The van der Waals surface area contributed by atoms with Gasteiger partial charge in [0.25, 0.3) is 0 Å². The summed E-state index contributed by atoms with van der Waals surface area (Å²) in [5.74, 6) is -0.123. The number of halogens is 3. The second kappa shape index (κ2) is 5.65. The van der Waals surface area contributed by atoms with Gasteiger partial charge in [-0.05, 0) is 21.0 Å². The lowest BCUT2D eigenvalue weighted by Gasteiger charge is -2.11. The summed E-state index contributed by atoms with van der Waals surface area (Å²) < 4.78 is 63.4. The van der Waals surface area contributed by atoms with Crippen molar-refractivity contribution >= 4 is 10.2 Å². The Kier molecular flexibility index (Phi) is 4.20. The van der Waals surface area contributed by atoms with Crippen molar-refractivity contribution < 1.29 is 21.6 Å². The quantitative estimate of drug-likeness (QED) is 0.830. The number of alkyl halides is 3. The Morgan fingerprint density at radius 3 is 2.45 bits per heavy atom. The molecule has 0 amide bonds. The molecule has 22 heavy (non-hydrogen) atoms. The highest BCUT2D eigenvalue weighted by atomic mass is 32.2. The molecule has 0 spiro atoms. The molecule has 2 rings (SSSR count). The molecule has 0 aliphatic heterocycles. The normalized spacial score (nSPS) is 12.8. The molecule has 1 aromatic heterocycles. The fourth-order valence-electron chi connectivity index (χ4n) is 1.66. The second-order valence-corrected chi connectivity index (χ2v) is 6.50. The highest BCUT2D eigenvalue weighted by Crippen LogP contribution is 2.32. The lowest BCUT2D eigenvalue weighted by Crippen LogP contribution is -2.30. The van der Waals surface area contributed by atoms with E-state index in [9.17, 15) is 21.6 Å². The smallest absolute Gasteiger partial charge is 0.188 e. The molecule has 0 saturated carbocycles. The van der Waals surface area contributed by atoms with Crippen LogP contribution in [0.25, 0.3) is 0 Å². The maximum atomic E-state index is 12.9. The summed E-state index contributed by atoms with van der Waals surface area (Å²) >= 11 is 0. The molecule has 1 aromatic carbocycles. The lowest BCUT2D eigenvalue weighted by molar-refractivity contribution is -0.138. The van der Waals surface area contributed by atoms with Crippen molar-refractivity contribution in [3.8, 4) is 0 Å². The Morgan fingerprint density at radius 2 is 1.86 bits per heavy atom. The van der Waals surface area contributed by atoms with Gasteiger partial charge in [0.15, 0.2) is 5.82 Å². The van der Waals surface area contributed by atoms with E-state index in [1.54, 1.807) is 0 Å². The van der Waals surface area contributed by atoms with Crippen molar-refractivity contribution in [3.05, 3.63) is 41.2 Å². The van der Waals surface area contributed by atoms with Crippen molar-refractivity contribution in [2.45, 2.75) is 12.6 Å². The molecule has 0 N–H and O–H groups in total. The van der Waals surface area contributed by atoms with E-state index in [0.717, 1.165) is 10.4 Å². The van der Waals surface area contributed by atoms with Crippen molar-refractivity contribution in [1.82, 2.24) is 23.9 Å². The Bertz CT molecular complexity index is 770. The summed E-state index contributed by atoms with van der Waals surface area (Å²) in [7, 11) is -1.39. The van der Waals surface area contributed by atoms with Gasteiger partial charge >= 0.3 is 16.4 Å². The lowest BCUT2D eigenvalue weighted by atomic mass is 10.0. The average molecular weight is 335 g/mol. The minimum absolute atomic E-state index is 0.0585. The Balaban J connectivity index is 2.33. The SMILES string of the molecule is CN(C)S(=O)(=O)n1nnc(Cc2ccccc2C(F)(F)F)n1. The third kappa shape index (κ3) is 3.25. The fourth-order valence-corrected chi connectivity index (χ4v) is 2.28. The van der Waals surface area contributed by atoms with Gasteiger partial charge in [0.05, 0.1) is 5.56 Å². The number of hydrogen-bond donors (Lipinski definition) is 0. The van der Waals surface area contributed by atoms with Gasteiger partial charge in [0, 0.05) is 20.5 Å². The van der Waals surface area contributed by atoms with E-state index in [-0.39, 0.29) is 17.8 Å². The van der Waals surface area contributed by atoms with E-state index < -0.39 is 21.9 Å². The highest BCUT2D eigenvalue weighted by Gasteiger charge is 2.33. The van der Waals surface area contributed by atoms with Crippen LogP contribution in [0.1, 0.15) is 17.0 Å². The van der Waals surface area contributed by atoms with Crippen LogP contribution in [0.15, 0.2) is 24.3 Å². The second-order valence-electron chi connectivity index (χ2n) is 4.55. The molecule has 0 atom stereocenters. The standard InChI is InChI=1S/C11H12F3N5O2S/c1-18(2)22(20,21)19-16-10(15-17-19)7-8-5-3-4-6-9(8)11(12,13)14/h3-6H,7H2,1-2H3. The van der Waals surface area contributed by atoms with Crippen LogP contribution >= 0.6 is 0 Å². The predicted octanol–water partition coefficient (Wildman–Crippen LogP) is 0.937. The molecule has 1 heterocycles. The van der Waals surface area contributed by atoms with Crippen LogP contribution in [0, 0.1) is 0 Å². The molecule has 2 aromatic rings. The summed E-state index contributed by atoms with van der Waals surface area (Å²) in [5, 5.41) is 10.5. The van der Waals surface area contributed by atoms with E-state index in [1.165, 1.54) is 32.3 Å². The third-order valence-corrected chi connectivity index (χ3v) is 4.27. The van der Waals surface area contributed by atoms with Crippen molar-refractivity contribution in [1.29, 1.82) is 0 Å². The molecule has 0 saturated heterocycles. The van der Waals surface area contributed by atoms with E-state index in [0.29, 0.717) is 4.20 Å². The van der Waals surface area contributed by atoms with Crippen LogP contribution < -0.4 is 0 Å². The van der Waals surface area contributed by atoms with E-state index in [4.69, 9.17) is 0 Å². The Hall–Kier alpha value is -2.01. The minimum atomic E-state index is -4.51. The number of tetrazole rings is 1. The van der Waals surface area contributed by atoms with Crippen LogP contribution in [0.2, 0.25) is 0 Å². The first-order chi connectivity index (χ1) is 10.1. The van der Waals surface area contributed by atoms with Crippen LogP contribution in [0.5, 0.6) is 0 Å². The van der Waals surface area contributed by atoms with E-state index in [1.807, 2.05) is 0 Å². The van der Waals surface area contributed by atoms with E-state index >= 15 is 0 Å². The first-order valence-electron chi connectivity index (χ1n) is 5.99. The van der Waals surface area contributed by atoms with Gasteiger partial charge in [0.1, 0.15) is 0 Å². The number of benzene rings is 1. The zero-order valence-electron chi connectivity index (χ0n) is 11.6. The molecule has 11 heteroatoms. The number of hydrogen-bond acceptors (Lipinski definition) is 5. The van der Waals surface area contributed by atoms with Gasteiger partial charge in [-0.15, -0.1) is 10.2 Å². The molecule has 0 radical (unpaired) electrons. The zero-order valence-corrected chi connectivity index (χ0v) is 12.4. The molecular formula is C11H12F3N5O2S. The third-order valence-electron chi connectivity index (χ3n) is 2.78. The van der Waals surface area contributed by atoms with Crippen LogP contribution in [-0.2, 0) is 22.8 Å². The van der Waals surface area contributed by atoms with Crippen LogP contribution in [0.4, 0.5) is 13.2 Å². The maximum absolute atomic E-state index is 12.9. The minimum Gasteiger partial charge on any atom is -0.188 e. The fraction of sp³-hybridized carbons (Fsp3) is 0.364. The summed E-state index contributed by atoms with van der Waals surface area (Å²) in [6, 6.07) is 4.94. The average Bonchev–Trinajstić information content (AvgIpc) is 2.87. The molecular weight excluding hydrogens is 323 g/mol. The number of nitrogens with zero attached hydrogens (tertiary/aromatic N) is 5. The monoisotopic (exact) mass is 335 g/mol. The van der Waals surface area contributed by atoms with Gasteiger partial charge in [-0.1, -0.05) is 18.2 Å². The molecule has 0 bridgehead atoms. The summed E-state index contributed by atoms with van der Waals surface area (Å²) in [6.07, 6.45) is -4.79. The van der Waals surface area contributed by atoms with Crippen molar-refractivity contribution in [2.24, 2.45) is 0 Å². The van der Waals surface area contributed by atoms with Crippen molar-refractivity contribution in [2.75, 3.05) is 14.1 Å². The van der Waals surface area contributed by atoms with Crippen LogP contribution in [-0.4, -0.2) is 46.4 Å². The van der Waals surface area contributed by atoms with Gasteiger partial charge in [0.2, 0.25) is 0 Å². The van der Waals surface area contributed by atoms with Gasteiger partial charge in [-0.3, -0.25) is 0 Å². The topological polar surface area (TPSA) is 81.0 Å². The maximum Gasteiger partial charge on any atom is 0.416 e. The first-order valence-corrected chi connectivity index (χ1v) is 7.39. The van der Waals surface area contributed by atoms with Gasteiger partial charge in [-0.2, -0.15) is 25.9 Å². The van der Waals surface area contributed by atoms with E-state index in [2.05, 4.69) is 15.4 Å². The van der Waals surface area contributed by atoms with Crippen LogP contribution in [0.3, 0.4) is 0 Å². The summed E-state index contributed by atoms with van der Waals surface area (Å²) in [5.41, 5.74) is -0.876. The summed E-state index contributed by atoms with van der Waals surface area (Å²) in [4.78, 5) is 0. The van der Waals surface area contributed by atoms with Crippen molar-refractivity contribution in [3.63, 3.8) is 0 Å². The number of rotatable bonds is 4. The molecule has 0 fully saturated rings. The molecule has 0 aliphatic carbocycles. The molecule has 7 nitrogen and oxygen atoms in total. The molecule has 120 valence electrons.